The summed E-state index contributed by atoms with van der Waals surface area (Å²) in [5.41, 5.74) is 0. The lowest BCUT2D eigenvalue weighted by Crippen LogP contribution is -2.28. The van der Waals surface area contributed by atoms with Crippen LogP contribution in [-0.2, 0) is 16.4 Å². The predicted molar refractivity (Wildman–Crippen MR) is 98.5 cm³/mol. The van der Waals surface area contributed by atoms with Gasteiger partial charge in [-0.15, -0.1) is 11.3 Å². The van der Waals surface area contributed by atoms with Gasteiger partial charge in [0.15, 0.2) is 0 Å². The highest BCUT2D eigenvalue weighted by atomic mass is 32.2. The van der Waals surface area contributed by atoms with Gasteiger partial charge in [-0.3, -0.25) is 0 Å². The maximum absolute atomic E-state index is 12.2. The van der Waals surface area contributed by atoms with Gasteiger partial charge < -0.3 is 10.2 Å². The standard InChI is InChI=1S/C15H23N5O2S2/c1-5-12-6-7-15(23-12)24(21,22)17-9-8-16-13-10-14(20(3)4)19-11(2)18-13/h6-7,10,17H,5,8-9H2,1-4H3,(H,16,18,19). The summed E-state index contributed by atoms with van der Waals surface area (Å²) < 4.78 is 27.4. The van der Waals surface area contributed by atoms with Crippen molar-refractivity contribution in [2.75, 3.05) is 37.4 Å². The van der Waals surface area contributed by atoms with Gasteiger partial charge in [0, 0.05) is 38.1 Å². The SMILES string of the molecule is CCc1ccc(S(=O)(=O)NCCNc2cc(N(C)C)nc(C)n2)s1. The molecule has 7 nitrogen and oxygen atoms in total. The Hall–Kier alpha value is -1.71. The summed E-state index contributed by atoms with van der Waals surface area (Å²) in [6.07, 6.45) is 0.836. The average molecular weight is 370 g/mol. The zero-order valence-corrected chi connectivity index (χ0v) is 16.0. The molecule has 2 heterocycles. The third kappa shape index (κ3) is 4.89. The Morgan fingerprint density at radius 3 is 2.58 bits per heavy atom. The molecule has 0 fully saturated rings. The third-order valence-corrected chi connectivity index (χ3v) is 6.44. The molecule has 9 heteroatoms. The highest BCUT2D eigenvalue weighted by Crippen LogP contribution is 2.21. The minimum atomic E-state index is -3.45. The van der Waals surface area contributed by atoms with Gasteiger partial charge in [0.05, 0.1) is 0 Å². The third-order valence-electron chi connectivity index (χ3n) is 3.26. The van der Waals surface area contributed by atoms with Crippen LogP contribution in [0.5, 0.6) is 0 Å². The fraction of sp³-hybridized carbons (Fsp3) is 0.467. The maximum Gasteiger partial charge on any atom is 0.250 e. The van der Waals surface area contributed by atoms with E-state index in [1.54, 1.807) is 6.07 Å². The van der Waals surface area contributed by atoms with Crippen molar-refractivity contribution < 1.29 is 8.42 Å². The number of hydrogen-bond acceptors (Lipinski definition) is 7. The molecule has 0 aliphatic carbocycles. The van der Waals surface area contributed by atoms with E-state index >= 15 is 0 Å². The summed E-state index contributed by atoms with van der Waals surface area (Å²) in [5.74, 6) is 2.14. The van der Waals surface area contributed by atoms with Crippen molar-refractivity contribution in [1.29, 1.82) is 0 Å². The Labute approximate surface area is 147 Å². The maximum atomic E-state index is 12.2. The lowest BCUT2D eigenvalue weighted by Gasteiger charge is -2.14. The summed E-state index contributed by atoms with van der Waals surface area (Å²) in [7, 11) is 0.370. The van der Waals surface area contributed by atoms with Gasteiger partial charge in [-0.25, -0.2) is 23.1 Å². The average Bonchev–Trinajstić information content (AvgIpc) is 3.01. The molecule has 0 spiro atoms. The Morgan fingerprint density at radius 2 is 1.96 bits per heavy atom. The zero-order valence-electron chi connectivity index (χ0n) is 14.3. The molecule has 0 aromatic carbocycles. The quantitative estimate of drug-likeness (QED) is 0.691. The molecule has 2 rings (SSSR count). The van der Waals surface area contributed by atoms with E-state index in [0.717, 1.165) is 17.1 Å². The summed E-state index contributed by atoms with van der Waals surface area (Å²) in [5, 5.41) is 3.12. The van der Waals surface area contributed by atoms with Crippen LogP contribution < -0.4 is 14.9 Å². The van der Waals surface area contributed by atoms with Gasteiger partial charge in [0.25, 0.3) is 0 Å². The highest BCUT2D eigenvalue weighted by molar-refractivity contribution is 7.91. The molecule has 24 heavy (non-hydrogen) atoms. The summed E-state index contributed by atoms with van der Waals surface area (Å²) in [6.45, 7) is 4.55. The summed E-state index contributed by atoms with van der Waals surface area (Å²) in [4.78, 5) is 11.6. The second-order valence-electron chi connectivity index (χ2n) is 5.45. The van der Waals surface area contributed by atoms with Crippen LogP contribution in [-0.4, -0.2) is 45.6 Å². The molecule has 2 N–H and O–H groups in total. The number of thiophene rings is 1. The van der Waals surface area contributed by atoms with Crippen LogP contribution in [0.1, 0.15) is 17.6 Å². The van der Waals surface area contributed by atoms with Crippen LogP contribution in [0.2, 0.25) is 0 Å². The van der Waals surface area contributed by atoms with Crippen LogP contribution in [0.25, 0.3) is 0 Å². The molecule has 0 unspecified atom stereocenters. The van der Waals surface area contributed by atoms with E-state index in [1.165, 1.54) is 11.3 Å². The highest BCUT2D eigenvalue weighted by Gasteiger charge is 2.15. The number of rotatable bonds is 8. The van der Waals surface area contributed by atoms with Crippen molar-refractivity contribution in [1.82, 2.24) is 14.7 Å². The van der Waals surface area contributed by atoms with E-state index in [1.807, 2.05) is 45.0 Å². The van der Waals surface area contributed by atoms with E-state index in [-0.39, 0.29) is 6.54 Å². The minimum absolute atomic E-state index is 0.280. The van der Waals surface area contributed by atoms with Gasteiger partial charge in [-0.2, -0.15) is 0 Å². The molecule has 0 saturated carbocycles. The van der Waals surface area contributed by atoms with Crippen molar-refractivity contribution in [3.05, 3.63) is 28.9 Å². The molecule has 0 amide bonds. The van der Waals surface area contributed by atoms with Crippen molar-refractivity contribution in [2.24, 2.45) is 0 Å². The zero-order chi connectivity index (χ0) is 17.7. The van der Waals surface area contributed by atoms with Gasteiger partial charge in [0.1, 0.15) is 21.7 Å². The number of hydrogen-bond donors (Lipinski definition) is 2. The lowest BCUT2D eigenvalue weighted by atomic mass is 10.4. The van der Waals surface area contributed by atoms with E-state index in [2.05, 4.69) is 20.0 Å². The first-order chi connectivity index (χ1) is 11.3. The normalized spacial score (nSPS) is 11.5. The van der Waals surface area contributed by atoms with Gasteiger partial charge in [-0.05, 0) is 25.5 Å². The van der Waals surface area contributed by atoms with Crippen LogP contribution >= 0.6 is 11.3 Å². The number of nitrogens with one attached hydrogen (secondary N) is 2. The first-order valence-corrected chi connectivity index (χ1v) is 9.97. The molecule has 0 bridgehead atoms. The number of nitrogens with zero attached hydrogens (tertiary/aromatic N) is 3. The summed E-state index contributed by atoms with van der Waals surface area (Å²) in [6, 6.07) is 5.33. The Morgan fingerprint density at radius 1 is 1.21 bits per heavy atom. The number of aryl methyl sites for hydroxylation is 2. The molecule has 2 aromatic heterocycles. The fourth-order valence-electron chi connectivity index (χ4n) is 2.01. The molecule has 0 atom stereocenters. The molecular weight excluding hydrogens is 346 g/mol. The second kappa shape index (κ2) is 7.91. The molecule has 0 aliphatic rings. The minimum Gasteiger partial charge on any atom is -0.369 e. The summed E-state index contributed by atoms with van der Waals surface area (Å²) >= 11 is 1.30. The Balaban J connectivity index is 1.90. The Kier molecular flexibility index (Phi) is 6.14. The van der Waals surface area contributed by atoms with Crippen LogP contribution in [0.4, 0.5) is 11.6 Å². The van der Waals surface area contributed by atoms with Crippen molar-refractivity contribution >= 4 is 33.0 Å². The first-order valence-electron chi connectivity index (χ1n) is 7.67. The molecule has 0 saturated heterocycles. The van der Waals surface area contributed by atoms with Gasteiger partial charge in [0.2, 0.25) is 10.0 Å². The smallest absolute Gasteiger partial charge is 0.250 e. The predicted octanol–water partition coefficient (Wildman–Crippen LogP) is 1.87. The number of anilines is 2. The van der Waals surface area contributed by atoms with Crippen molar-refractivity contribution in [2.45, 2.75) is 24.5 Å². The van der Waals surface area contributed by atoms with Crippen molar-refractivity contribution in [3.63, 3.8) is 0 Å². The van der Waals surface area contributed by atoms with E-state index < -0.39 is 10.0 Å². The Bertz CT molecular complexity index is 787. The van der Waals surface area contributed by atoms with Gasteiger partial charge >= 0.3 is 0 Å². The van der Waals surface area contributed by atoms with Crippen molar-refractivity contribution in [3.8, 4) is 0 Å². The van der Waals surface area contributed by atoms with Gasteiger partial charge in [-0.1, -0.05) is 6.92 Å². The topological polar surface area (TPSA) is 87.2 Å². The molecule has 0 radical (unpaired) electrons. The first kappa shape index (κ1) is 18.6. The van der Waals surface area contributed by atoms with Crippen LogP contribution in [0.15, 0.2) is 22.4 Å². The van der Waals surface area contributed by atoms with Crippen LogP contribution in [0.3, 0.4) is 0 Å². The van der Waals surface area contributed by atoms with E-state index in [9.17, 15) is 8.42 Å². The largest absolute Gasteiger partial charge is 0.369 e. The number of sulfonamides is 1. The van der Waals surface area contributed by atoms with Crippen LogP contribution in [0, 0.1) is 6.92 Å². The second-order valence-corrected chi connectivity index (χ2v) is 8.61. The molecular formula is C15H23N5O2S2. The monoisotopic (exact) mass is 369 g/mol. The number of aromatic nitrogens is 2. The van der Waals surface area contributed by atoms with E-state index in [0.29, 0.717) is 22.4 Å². The molecule has 0 aliphatic heterocycles. The molecule has 132 valence electrons. The van der Waals surface area contributed by atoms with E-state index in [4.69, 9.17) is 0 Å². The fourth-order valence-corrected chi connectivity index (χ4v) is 4.38. The molecule has 2 aromatic rings. The lowest BCUT2D eigenvalue weighted by molar-refractivity contribution is 0.585.